The van der Waals surface area contributed by atoms with Gasteiger partial charge in [-0.25, -0.2) is 0 Å². The number of benzene rings is 6. The quantitative estimate of drug-likeness (QED) is 0.120. The molecule has 0 heterocycles. The third-order valence-corrected chi connectivity index (χ3v) is 30.1. The minimum atomic E-state index is -3.84. The maximum Gasteiger partial charge on any atom is -0.147 e. The monoisotopic (exact) mass is 812 g/mol. The fraction of sp³-hybridized carbons (Fsp3) is 0.208. The Balaban J connectivity index is 0.00000210. The van der Waals surface area contributed by atoms with Crippen molar-refractivity contribution in [2.75, 3.05) is 0 Å². The van der Waals surface area contributed by atoms with Gasteiger partial charge in [-0.2, -0.15) is 0 Å². The molecule has 3 aliphatic carbocycles. The molecule has 0 aliphatic heterocycles. The fourth-order valence-corrected chi connectivity index (χ4v) is 30.9. The Hall–Kier alpha value is -3.26. The number of allylic oxidation sites excluding steroid dienone is 4. The Kier molecular flexibility index (Phi) is 9.88. The van der Waals surface area contributed by atoms with Gasteiger partial charge in [0.05, 0.1) is 0 Å². The van der Waals surface area contributed by atoms with Gasteiger partial charge in [0.15, 0.2) is 0 Å². The summed E-state index contributed by atoms with van der Waals surface area (Å²) in [4.78, 5) is 0. The second-order valence-corrected chi connectivity index (χ2v) is 46.9. The van der Waals surface area contributed by atoms with Crippen LogP contribution in [-0.4, -0.2) is 6.88 Å². The van der Waals surface area contributed by atoms with E-state index < -0.39 is 17.4 Å². The van der Waals surface area contributed by atoms with Crippen molar-refractivity contribution in [1.29, 1.82) is 0 Å². The molecule has 9 rings (SSSR count). The minimum Gasteiger partial charge on any atom is -0.147 e. The molecular formula is C48H48Cl2SiZr. The smallest absolute Gasteiger partial charge is 0.147 e. The van der Waals surface area contributed by atoms with Crippen LogP contribution < -0.4 is 0 Å². The third-order valence-electron chi connectivity index (χ3n) is 12.5. The maximum absolute atomic E-state index is 3.84. The molecule has 262 valence electrons. The first-order valence-corrected chi connectivity index (χ1v) is 32.2. The molecule has 3 atom stereocenters. The van der Waals surface area contributed by atoms with Gasteiger partial charge in [-0.1, -0.05) is 0 Å². The van der Waals surface area contributed by atoms with E-state index in [9.17, 15) is 0 Å². The number of hydrogen-bond acceptors (Lipinski definition) is 0. The summed E-state index contributed by atoms with van der Waals surface area (Å²) in [6.07, 6.45) is 13.8. The van der Waals surface area contributed by atoms with Gasteiger partial charge in [-0.3, -0.25) is 0 Å². The molecule has 6 aromatic carbocycles. The topological polar surface area (TPSA) is 0 Å². The summed E-state index contributed by atoms with van der Waals surface area (Å²) in [7, 11) is 0. The molecule has 6 aromatic rings. The zero-order valence-corrected chi connectivity index (χ0v) is 36.2. The Labute approximate surface area is 324 Å². The first-order chi connectivity index (χ1) is 24.2. The molecule has 0 spiro atoms. The van der Waals surface area contributed by atoms with E-state index in [2.05, 4.69) is 170 Å². The van der Waals surface area contributed by atoms with E-state index in [1.165, 1.54) is 73.3 Å². The van der Waals surface area contributed by atoms with E-state index in [1.54, 1.807) is 22.3 Å². The van der Waals surface area contributed by atoms with Crippen molar-refractivity contribution < 1.29 is 17.4 Å². The third kappa shape index (κ3) is 5.81. The van der Waals surface area contributed by atoms with Crippen LogP contribution in [0.5, 0.6) is 0 Å². The van der Waals surface area contributed by atoms with Crippen LogP contribution in [0.15, 0.2) is 139 Å². The van der Waals surface area contributed by atoms with E-state index in [0.717, 1.165) is 6.42 Å². The Bertz CT molecular complexity index is 2540. The number of hydrogen-bond donors (Lipinski definition) is 0. The van der Waals surface area contributed by atoms with Gasteiger partial charge in [0.25, 0.3) is 0 Å². The second kappa shape index (κ2) is 13.9. The molecule has 3 unspecified atom stereocenters. The summed E-state index contributed by atoms with van der Waals surface area (Å²) in [5, 5.41) is 5.31. The van der Waals surface area contributed by atoms with Crippen molar-refractivity contribution in [2.45, 2.75) is 49.6 Å². The molecule has 0 bridgehead atoms. The molecule has 4 heteroatoms. The number of rotatable bonds is 5. The van der Waals surface area contributed by atoms with E-state index in [1.807, 2.05) is 0 Å². The molecule has 0 amide bonds. The first kappa shape index (κ1) is 37.1. The Morgan fingerprint density at radius 3 is 1.79 bits per heavy atom. The predicted octanol–water partition coefficient (Wildman–Crippen LogP) is 13.8. The molecule has 0 radical (unpaired) electrons. The van der Waals surface area contributed by atoms with Gasteiger partial charge < -0.3 is 0 Å². The molecule has 0 N–H and O–H groups in total. The van der Waals surface area contributed by atoms with Crippen molar-refractivity contribution >= 4 is 65.4 Å². The van der Waals surface area contributed by atoms with E-state index in [0.29, 0.717) is 13.2 Å². The van der Waals surface area contributed by atoms with Crippen molar-refractivity contribution in [3.05, 3.63) is 166 Å². The van der Waals surface area contributed by atoms with E-state index in [-0.39, 0.29) is 24.8 Å². The van der Waals surface area contributed by atoms with Gasteiger partial charge in [0, 0.05) is 0 Å². The zero-order valence-electron chi connectivity index (χ0n) is 30.7. The minimum absolute atomic E-state index is 0. The molecule has 0 fully saturated rings. The van der Waals surface area contributed by atoms with Gasteiger partial charge in [-0.05, 0) is 0 Å². The molecule has 0 saturated heterocycles. The van der Waals surface area contributed by atoms with Crippen molar-refractivity contribution in [3.63, 3.8) is 0 Å². The molecule has 0 saturated carbocycles. The van der Waals surface area contributed by atoms with Crippen LogP contribution in [-0.2, 0) is 17.4 Å². The van der Waals surface area contributed by atoms with Crippen molar-refractivity contribution in [1.82, 2.24) is 0 Å². The summed E-state index contributed by atoms with van der Waals surface area (Å²) in [6, 6.07) is 43.5. The molecule has 52 heavy (non-hydrogen) atoms. The van der Waals surface area contributed by atoms with Crippen LogP contribution in [0.2, 0.25) is 9.26 Å². The van der Waals surface area contributed by atoms with Gasteiger partial charge in [-0.15, -0.1) is 24.8 Å². The predicted molar refractivity (Wildman–Crippen MR) is 232 cm³/mol. The van der Waals surface area contributed by atoms with Gasteiger partial charge in [0.1, 0.15) is 0 Å². The average molecular weight is 815 g/mol. The van der Waals surface area contributed by atoms with Gasteiger partial charge >= 0.3 is 302 Å². The van der Waals surface area contributed by atoms with Crippen LogP contribution >= 0.6 is 24.8 Å². The largest absolute Gasteiger partial charge is 0.147 e. The Morgan fingerprint density at radius 1 is 0.577 bits per heavy atom. The van der Waals surface area contributed by atoms with Crippen LogP contribution in [0, 0.1) is 12.8 Å². The second-order valence-electron chi connectivity index (χ2n) is 16.4. The zero-order chi connectivity index (χ0) is 34.2. The van der Waals surface area contributed by atoms with Crippen LogP contribution in [0.3, 0.4) is 0 Å². The number of halogens is 2. The summed E-state index contributed by atoms with van der Waals surface area (Å²) in [5.74, 6) is 0.601. The summed E-state index contributed by atoms with van der Waals surface area (Å²) >= 11 is -3.84. The van der Waals surface area contributed by atoms with Crippen LogP contribution in [0.4, 0.5) is 0 Å². The van der Waals surface area contributed by atoms with Crippen LogP contribution in [0.1, 0.15) is 61.3 Å². The van der Waals surface area contributed by atoms with E-state index in [4.69, 9.17) is 0 Å². The normalized spacial score (nSPS) is 19.4. The summed E-state index contributed by atoms with van der Waals surface area (Å²) in [6.45, 7) is 7.33. The number of aryl methyl sites for hydroxylation is 1. The Morgan fingerprint density at radius 2 is 1.15 bits per heavy atom. The molecule has 3 aliphatic rings. The summed E-state index contributed by atoms with van der Waals surface area (Å²) in [5.41, 5.74) is 16.4. The average Bonchev–Trinajstić information content (AvgIpc) is 3.72. The molecular weight excluding hydrogens is 767 g/mol. The molecule has 0 aromatic heterocycles. The SMILES string of the molecule is CC1=Cc2c(-c3cccc4ccccc34)ccc(C)c2[CH]1[Zr]([CH3])([CH3])(=[SiH2])[CH]1C(C2CC=CCC2)=Cc2c(-c3cccc4ccccc34)cccc21.Cl.Cl. The number of fused-ring (bicyclic) bond motifs is 4. The first-order valence-electron chi connectivity index (χ1n) is 18.5. The van der Waals surface area contributed by atoms with Crippen molar-refractivity contribution in [3.8, 4) is 22.3 Å². The summed E-state index contributed by atoms with van der Waals surface area (Å²) < 4.78 is 6.62. The van der Waals surface area contributed by atoms with Crippen molar-refractivity contribution in [2.24, 2.45) is 5.92 Å². The molecule has 0 nitrogen and oxygen atoms in total. The van der Waals surface area contributed by atoms with E-state index >= 15 is 0 Å². The van der Waals surface area contributed by atoms with Gasteiger partial charge in [0.2, 0.25) is 0 Å². The standard InChI is InChI=1S/C25H21.C21H17.2CH3.2ClH.H2Si.Zr/c1-2-8-18(9-3-1)21-16-20-12-7-15-24(25(20)17-21)23-14-6-11-19-10-4-5-13-22(19)23;1-14-12-20-15(2)10-11-19(21(20)13-14)18-9-5-7-16-6-3-4-8-17(16)18;;;;;;/h1-2,4-7,10-18H,3,8-9H2;3-13H,1-2H3;2*1H3;2*1H;1H2;. The van der Waals surface area contributed by atoms with Crippen LogP contribution in [0.25, 0.3) is 56.0 Å². The fourth-order valence-electron chi connectivity index (χ4n) is 10.5. The maximum atomic E-state index is 2.82.